The Labute approximate surface area is 170 Å². The largest absolute Gasteiger partial charge is 0.385 e. The Morgan fingerprint density at radius 2 is 1.79 bits per heavy atom. The molecule has 0 atom stereocenters. The van der Waals surface area contributed by atoms with Gasteiger partial charge >= 0.3 is 0 Å². The third kappa shape index (κ3) is 6.75. The zero-order chi connectivity index (χ0) is 20.4. The van der Waals surface area contributed by atoms with E-state index in [1.165, 1.54) is 0 Å². The van der Waals surface area contributed by atoms with Gasteiger partial charge < -0.3 is 20.7 Å². The second-order valence-corrected chi connectivity index (χ2v) is 6.66. The molecule has 0 aromatic heterocycles. The molecule has 0 spiro atoms. The van der Waals surface area contributed by atoms with Gasteiger partial charge in [0.05, 0.1) is 17.7 Å². The Morgan fingerprint density at radius 3 is 2.54 bits per heavy atom. The van der Waals surface area contributed by atoms with Gasteiger partial charge in [-0.2, -0.15) is 0 Å². The van der Waals surface area contributed by atoms with E-state index >= 15 is 0 Å². The summed E-state index contributed by atoms with van der Waals surface area (Å²) in [4.78, 5) is 24.6. The van der Waals surface area contributed by atoms with E-state index in [0.29, 0.717) is 24.4 Å². The van der Waals surface area contributed by atoms with E-state index in [2.05, 4.69) is 16.0 Å². The Kier molecular flexibility index (Phi) is 8.58. The minimum atomic E-state index is -0.215. The monoisotopic (exact) mass is 399 g/mol. The lowest BCUT2D eigenvalue weighted by Gasteiger charge is -2.14. The quantitative estimate of drug-likeness (QED) is 0.470. The summed E-state index contributed by atoms with van der Waals surface area (Å²) >= 11 is 5.24. The number of ether oxygens (including phenoxy) is 1. The first kappa shape index (κ1) is 21.5. The van der Waals surface area contributed by atoms with Crippen LogP contribution in [0.4, 0.5) is 5.69 Å². The van der Waals surface area contributed by atoms with Crippen LogP contribution in [0.2, 0.25) is 0 Å². The van der Waals surface area contributed by atoms with Gasteiger partial charge in [-0.05, 0) is 48.8 Å². The highest BCUT2D eigenvalue weighted by Gasteiger charge is 2.13. The first-order valence-corrected chi connectivity index (χ1v) is 9.43. The number of thiocarbonyl (C=S) groups is 1. The number of carbonyl (C=O) groups excluding carboxylic acids is 2. The van der Waals surface area contributed by atoms with Crippen molar-refractivity contribution in [1.29, 1.82) is 0 Å². The number of anilines is 1. The smallest absolute Gasteiger partial charge is 0.253 e. The predicted octanol–water partition coefficient (Wildman–Crippen LogP) is 2.82. The molecule has 0 aliphatic rings. The molecule has 0 fully saturated rings. The number of hydrogen-bond donors (Lipinski definition) is 3. The minimum absolute atomic E-state index is 0.151. The third-order valence-corrected chi connectivity index (χ3v) is 4.30. The molecule has 0 saturated carbocycles. The molecule has 28 heavy (non-hydrogen) atoms. The number of methoxy groups -OCH3 is 1. The number of amides is 2. The summed E-state index contributed by atoms with van der Waals surface area (Å²) in [7, 11) is 1.62. The van der Waals surface area contributed by atoms with Crippen LogP contribution in [0, 0.1) is 6.92 Å². The highest BCUT2D eigenvalue weighted by Crippen LogP contribution is 2.15. The van der Waals surface area contributed by atoms with Crippen molar-refractivity contribution < 1.29 is 14.3 Å². The molecule has 0 bridgehead atoms. The lowest BCUT2D eigenvalue weighted by atomic mass is 10.1. The molecule has 0 heterocycles. The van der Waals surface area contributed by atoms with Crippen LogP contribution in [0.1, 0.15) is 27.9 Å². The number of para-hydroxylation sites is 1. The first-order valence-electron chi connectivity index (χ1n) is 9.02. The summed E-state index contributed by atoms with van der Waals surface area (Å²) in [6, 6.07) is 14.7. The molecule has 6 nitrogen and oxygen atoms in total. The fraction of sp³-hybridized carbons (Fsp3) is 0.286. The van der Waals surface area contributed by atoms with Gasteiger partial charge in [0.25, 0.3) is 5.91 Å². The molecular weight excluding hydrogens is 374 g/mol. The maximum Gasteiger partial charge on any atom is 0.253 e. The van der Waals surface area contributed by atoms with Gasteiger partial charge in [-0.1, -0.05) is 36.4 Å². The SMILES string of the molecule is COCCCNC(=O)c1ccccc1NC(=S)NC(=O)Cc1ccccc1C. The van der Waals surface area contributed by atoms with Gasteiger partial charge in [-0.3, -0.25) is 9.59 Å². The van der Waals surface area contributed by atoms with Gasteiger partial charge in [0, 0.05) is 20.3 Å². The second-order valence-electron chi connectivity index (χ2n) is 6.25. The van der Waals surface area contributed by atoms with Gasteiger partial charge in [-0.25, -0.2) is 0 Å². The first-order chi connectivity index (χ1) is 13.5. The topological polar surface area (TPSA) is 79.5 Å². The maximum atomic E-state index is 12.4. The Hall–Kier alpha value is -2.77. The zero-order valence-corrected chi connectivity index (χ0v) is 16.9. The Morgan fingerprint density at radius 1 is 1.07 bits per heavy atom. The van der Waals surface area contributed by atoms with Crippen LogP contribution in [-0.4, -0.2) is 37.2 Å². The summed E-state index contributed by atoms with van der Waals surface area (Å²) in [5.74, 6) is -0.429. The van der Waals surface area contributed by atoms with Crippen molar-refractivity contribution in [2.75, 3.05) is 25.6 Å². The average Bonchev–Trinajstić information content (AvgIpc) is 2.67. The predicted molar refractivity (Wildman–Crippen MR) is 115 cm³/mol. The molecule has 2 aromatic carbocycles. The fourth-order valence-corrected chi connectivity index (χ4v) is 2.83. The molecule has 2 aromatic rings. The van der Waals surface area contributed by atoms with Crippen LogP contribution in [-0.2, 0) is 16.0 Å². The van der Waals surface area contributed by atoms with E-state index < -0.39 is 0 Å². The number of benzene rings is 2. The van der Waals surface area contributed by atoms with E-state index in [1.807, 2.05) is 31.2 Å². The normalized spacial score (nSPS) is 10.2. The van der Waals surface area contributed by atoms with Crippen molar-refractivity contribution in [2.24, 2.45) is 0 Å². The molecule has 0 saturated heterocycles. The van der Waals surface area contributed by atoms with Crippen molar-refractivity contribution in [3.05, 3.63) is 65.2 Å². The highest BCUT2D eigenvalue weighted by atomic mass is 32.1. The molecule has 3 N–H and O–H groups in total. The highest BCUT2D eigenvalue weighted by molar-refractivity contribution is 7.80. The minimum Gasteiger partial charge on any atom is -0.385 e. The molecule has 148 valence electrons. The van der Waals surface area contributed by atoms with Crippen molar-refractivity contribution >= 4 is 34.8 Å². The van der Waals surface area contributed by atoms with Crippen molar-refractivity contribution in [2.45, 2.75) is 19.8 Å². The van der Waals surface area contributed by atoms with Gasteiger partial charge in [0.2, 0.25) is 5.91 Å². The van der Waals surface area contributed by atoms with E-state index in [9.17, 15) is 9.59 Å². The molecule has 0 aliphatic heterocycles. The molecule has 0 unspecified atom stereocenters. The molecular formula is C21H25N3O3S. The summed E-state index contributed by atoms with van der Waals surface area (Å²) in [5, 5.41) is 8.59. The molecule has 2 amide bonds. The van der Waals surface area contributed by atoms with Crippen LogP contribution in [0.5, 0.6) is 0 Å². The van der Waals surface area contributed by atoms with E-state index in [-0.39, 0.29) is 23.3 Å². The number of rotatable bonds is 8. The maximum absolute atomic E-state index is 12.4. The van der Waals surface area contributed by atoms with E-state index in [4.69, 9.17) is 17.0 Å². The lowest BCUT2D eigenvalue weighted by molar-refractivity contribution is -0.119. The molecule has 7 heteroatoms. The van der Waals surface area contributed by atoms with Gasteiger partial charge in [0.15, 0.2) is 5.11 Å². The van der Waals surface area contributed by atoms with Gasteiger partial charge in [-0.15, -0.1) is 0 Å². The van der Waals surface area contributed by atoms with E-state index in [1.54, 1.807) is 31.4 Å². The number of hydrogen-bond acceptors (Lipinski definition) is 4. The summed E-state index contributed by atoms with van der Waals surface area (Å²) in [6.07, 6.45) is 0.960. The summed E-state index contributed by atoms with van der Waals surface area (Å²) in [6.45, 7) is 3.05. The standard InChI is InChI=1S/C21H25N3O3S/c1-15-8-3-4-9-16(15)14-19(25)24-21(28)23-18-11-6-5-10-17(18)20(26)22-12-7-13-27-2/h3-6,8-11H,7,12-14H2,1-2H3,(H,22,26)(H2,23,24,25,28). The van der Waals surface area contributed by atoms with Crippen LogP contribution < -0.4 is 16.0 Å². The zero-order valence-electron chi connectivity index (χ0n) is 16.1. The van der Waals surface area contributed by atoms with Crippen LogP contribution in [0.15, 0.2) is 48.5 Å². The number of aryl methyl sites for hydroxylation is 1. The molecule has 2 rings (SSSR count). The van der Waals surface area contributed by atoms with Crippen LogP contribution in [0.3, 0.4) is 0 Å². The van der Waals surface area contributed by atoms with Crippen molar-refractivity contribution in [3.8, 4) is 0 Å². The fourth-order valence-electron chi connectivity index (χ4n) is 2.61. The Balaban J connectivity index is 1.93. The van der Waals surface area contributed by atoms with Gasteiger partial charge in [0.1, 0.15) is 0 Å². The molecule has 0 radical (unpaired) electrons. The second kappa shape index (κ2) is 11.2. The summed E-state index contributed by atoms with van der Waals surface area (Å²) < 4.78 is 4.97. The van der Waals surface area contributed by atoms with Crippen molar-refractivity contribution in [3.63, 3.8) is 0 Å². The number of carbonyl (C=O) groups is 2. The number of nitrogens with one attached hydrogen (secondary N) is 3. The lowest BCUT2D eigenvalue weighted by Crippen LogP contribution is -2.36. The summed E-state index contributed by atoms with van der Waals surface area (Å²) in [5.41, 5.74) is 2.98. The average molecular weight is 400 g/mol. The van der Waals surface area contributed by atoms with Crippen molar-refractivity contribution in [1.82, 2.24) is 10.6 Å². The van der Waals surface area contributed by atoms with E-state index in [0.717, 1.165) is 17.5 Å². The third-order valence-electron chi connectivity index (χ3n) is 4.10. The molecule has 0 aliphatic carbocycles. The van der Waals surface area contributed by atoms with Crippen LogP contribution >= 0.6 is 12.2 Å². The van der Waals surface area contributed by atoms with Crippen LogP contribution in [0.25, 0.3) is 0 Å². The Bertz CT molecular complexity index is 839.